The molecule has 0 fully saturated rings. The van der Waals surface area contributed by atoms with Crippen LogP contribution in [0.3, 0.4) is 0 Å². The summed E-state index contributed by atoms with van der Waals surface area (Å²) in [6.45, 7) is 3.84. The Morgan fingerprint density at radius 3 is 1.42 bits per heavy atom. The molecule has 2 atom stereocenters. The van der Waals surface area contributed by atoms with E-state index in [4.69, 9.17) is 9.47 Å². The molecule has 3 aromatic rings. The second-order valence-corrected chi connectivity index (χ2v) is 7.70. The van der Waals surface area contributed by atoms with Crippen molar-refractivity contribution in [3.8, 4) is 11.5 Å². The Labute approximate surface area is 186 Å². The smallest absolute Gasteiger partial charge is 0.126 e. The molecule has 0 aliphatic carbocycles. The quantitative estimate of drug-likeness (QED) is 0.410. The molecule has 0 amide bonds. The van der Waals surface area contributed by atoms with Crippen molar-refractivity contribution in [1.29, 1.82) is 0 Å². The Kier molecular flexibility index (Phi) is 8.95. The first kappa shape index (κ1) is 22.9. The minimum absolute atomic E-state index is 0.0168. The molecule has 164 valence electrons. The monoisotopic (exact) mass is 418 g/mol. The highest BCUT2D eigenvalue weighted by molar-refractivity contribution is 5.44. The van der Waals surface area contributed by atoms with Gasteiger partial charge in [0, 0.05) is 18.4 Å². The Balaban J connectivity index is 1.82. The lowest BCUT2D eigenvalue weighted by Gasteiger charge is -2.24. The highest BCUT2D eigenvalue weighted by atomic mass is 16.5. The largest absolute Gasteiger partial charge is 0.485 e. The van der Waals surface area contributed by atoms with Gasteiger partial charge in [0.2, 0.25) is 0 Å². The predicted octanol–water partition coefficient (Wildman–Crippen LogP) is 5.45. The van der Waals surface area contributed by atoms with Gasteiger partial charge in [-0.3, -0.25) is 0 Å². The highest BCUT2D eigenvalue weighted by Gasteiger charge is 2.18. The minimum atomic E-state index is -0.0168. The zero-order valence-electron chi connectivity index (χ0n) is 18.8. The first-order chi connectivity index (χ1) is 15.2. The molecule has 0 radical (unpaired) electrons. The van der Waals surface area contributed by atoms with Crippen LogP contribution in [0.4, 0.5) is 0 Å². The van der Waals surface area contributed by atoms with Crippen LogP contribution in [-0.4, -0.2) is 27.2 Å². The van der Waals surface area contributed by atoms with Crippen LogP contribution in [0.15, 0.2) is 78.9 Å². The van der Waals surface area contributed by atoms with E-state index >= 15 is 0 Å². The van der Waals surface area contributed by atoms with Crippen molar-refractivity contribution in [3.63, 3.8) is 0 Å². The molecule has 4 heteroatoms. The van der Waals surface area contributed by atoms with Crippen LogP contribution in [-0.2, 0) is 0 Å². The zero-order chi connectivity index (χ0) is 21.9. The van der Waals surface area contributed by atoms with Crippen LogP contribution in [0.2, 0.25) is 0 Å². The van der Waals surface area contributed by atoms with E-state index in [1.807, 2.05) is 44.4 Å². The average Bonchev–Trinajstić information content (AvgIpc) is 2.82. The molecule has 0 spiro atoms. The molecule has 2 N–H and O–H groups in total. The van der Waals surface area contributed by atoms with Crippen LogP contribution in [0.5, 0.6) is 11.5 Å². The number of nitrogens with one attached hydrogen (secondary N) is 2. The lowest BCUT2D eigenvalue weighted by Crippen LogP contribution is -2.17. The molecular formula is C27H34N2O2. The standard InChI is InChI=1S/C27H34N2O2/c1-21-24(30-26(17-19-28-2)22-11-6-4-7-12-22)15-10-16-25(21)31-27(18-20-29-3)23-13-8-5-9-14-23/h4-16,26-29H,17-20H2,1-3H3/t26-,27+. The van der Waals surface area contributed by atoms with Crippen molar-refractivity contribution in [2.45, 2.75) is 32.0 Å². The maximum Gasteiger partial charge on any atom is 0.126 e. The Morgan fingerprint density at radius 2 is 1.03 bits per heavy atom. The van der Waals surface area contributed by atoms with E-state index in [1.54, 1.807) is 0 Å². The summed E-state index contributed by atoms with van der Waals surface area (Å²) in [7, 11) is 3.94. The third kappa shape index (κ3) is 6.58. The van der Waals surface area contributed by atoms with Crippen LogP contribution in [0.1, 0.15) is 41.7 Å². The molecule has 3 rings (SSSR count). The van der Waals surface area contributed by atoms with Crippen LogP contribution in [0, 0.1) is 6.92 Å². The molecule has 4 nitrogen and oxygen atoms in total. The summed E-state index contributed by atoms with van der Waals surface area (Å²) in [5.41, 5.74) is 3.39. The van der Waals surface area contributed by atoms with Gasteiger partial charge in [-0.1, -0.05) is 66.7 Å². The molecule has 0 saturated carbocycles. The van der Waals surface area contributed by atoms with Crippen LogP contribution in [0.25, 0.3) is 0 Å². The topological polar surface area (TPSA) is 42.5 Å². The predicted molar refractivity (Wildman–Crippen MR) is 128 cm³/mol. The van der Waals surface area contributed by atoms with E-state index in [9.17, 15) is 0 Å². The molecule has 0 heterocycles. The van der Waals surface area contributed by atoms with Gasteiger partial charge in [0.1, 0.15) is 23.7 Å². The van der Waals surface area contributed by atoms with Gasteiger partial charge >= 0.3 is 0 Å². The summed E-state index contributed by atoms with van der Waals surface area (Å²) < 4.78 is 13.0. The average molecular weight is 419 g/mol. The van der Waals surface area contributed by atoms with Crippen LogP contribution >= 0.6 is 0 Å². The van der Waals surface area contributed by atoms with E-state index in [-0.39, 0.29) is 12.2 Å². The summed E-state index contributed by atoms with van der Waals surface area (Å²) in [6.07, 6.45) is 1.74. The lowest BCUT2D eigenvalue weighted by molar-refractivity contribution is 0.181. The number of hydrogen-bond donors (Lipinski definition) is 2. The van der Waals surface area contributed by atoms with Gasteiger partial charge in [0.15, 0.2) is 0 Å². The molecule has 31 heavy (non-hydrogen) atoms. The van der Waals surface area contributed by atoms with Gasteiger partial charge in [-0.2, -0.15) is 0 Å². The van der Waals surface area contributed by atoms with Crippen molar-refractivity contribution in [1.82, 2.24) is 10.6 Å². The van der Waals surface area contributed by atoms with Gasteiger partial charge < -0.3 is 20.1 Å². The summed E-state index contributed by atoms with van der Waals surface area (Å²) >= 11 is 0. The fourth-order valence-corrected chi connectivity index (χ4v) is 3.63. The van der Waals surface area contributed by atoms with Crippen molar-refractivity contribution in [2.24, 2.45) is 0 Å². The van der Waals surface area contributed by atoms with E-state index < -0.39 is 0 Å². The summed E-state index contributed by atoms with van der Waals surface area (Å²) in [4.78, 5) is 0. The van der Waals surface area contributed by atoms with E-state index in [2.05, 4.69) is 66.1 Å². The van der Waals surface area contributed by atoms with Crippen molar-refractivity contribution in [3.05, 3.63) is 95.6 Å². The number of rotatable bonds is 12. The number of ether oxygens (including phenoxy) is 2. The fourth-order valence-electron chi connectivity index (χ4n) is 3.63. The Morgan fingerprint density at radius 1 is 0.613 bits per heavy atom. The Hall–Kier alpha value is -2.82. The van der Waals surface area contributed by atoms with E-state index in [1.165, 1.54) is 11.1 Å². The molecule has 0 aliphatic rings. The zero-order valence-corrected chi connectivity index (χ0v) is 18.8. The third-order valence-electron chi connectivity index (χ3n) is 5.43. The van der Waals surface area contributed by atoms with Gasteiger partial charge in [0.25, 0.3) is 0 Å². The van der Waals surface area contributed by atoms with Gasteiger partial charge in [-0.15, -0.1) is 0 Å². The first-order valence-corrected chi connectivity index (χ1v) is 11.0. The molecule has 0 bridgehead atoms. The number of benzene rings is 3. The van der Waals surface area contributed by atoms with Gasteiger partial charge in [-0.05, 0) is 57.4 Å². The highest BCUT2D eigenvalue weighted by Crippen LogP contribution is 2.35. The molecule has 3 aromatic carbocycles. The second-order valence-electron chi connectivity index (χ2n) is 7.70. The minimum Gasteiger partial charge on any atom is -0.485 e. The second kappa shape index (κ2) is 12.1. The SMILES string of the molecule is CNCC[C@H](Oc1cccc(O[C@H](CCNC)c2ccccc2)c1C)c1ccccc1. The van der Waals surface area contributed by atoms with Crippen LogP contribution < -0.4 is 20.1 Å². The van der Waals surface area contributed by atoms with E-state index in [0.29, 0.717) is 0 Å². The first-order valence-electron chi connectivity index (χ1n) is 11.0. The fraction of sp³-hybridized carbons (Fsp3) is 0.333. The summed E-state index contributed by atoms with van der Waals surface area (Å²) in [5.74, 6) is 1.73. The van der Waals surface area contributed by atoms with Gasteiger partial charge in [0.05, 0.1) is 0 Å². The maximum absolute atomic E-state index is 6.51. The lowest BCUT2D eigenvalue weighted by atomic mass is 10.1. The van der Waals surface area contributed by atoms with Crippen molar-refractivity contribution in [2.75, 3.05) is 27.2 Å². The summed E-state index contributed by atoms with van der Waals surface area (Å²) in [5, 5.41) is 6.47. The van der Waals surface area contributed by atoms with Crippen molar-refractivity contribution < 1.29 is 9.47 Å². The maximum atomic E-state index is 6.51. The number of hydrogen-bond acceptors (Lipinski definition) is 4. The molecule has 0 unspecified atom stereocenters. The molecule has 0 aromatic heterocycles. The normalized spacial score (nSPS) is 12.9. The molecular weight excluding hydrogens is 384 g/mol. The molecule has 0 aliphatic heterocycles. The summed E-state index contributed by atoms with van der Waals surface area (Å²) in [6, 6.07) is 26.9. The van der Waals surface area contributed by atoms with Crippen molar-refractivity contribution >= 4 is 0 Å². The third-order valence-corrected chi connectivity index (χ3v) is 5.43. The van der Waals surface area contributed by atoms with Gasteiger partial charge in [-0.25, -0.2) is 0 Å². The Bertz CT molecular complexity index is 828. The van der Waals surface area contributed by atoms with E-state index in [0.717, 1.165) is 43.0 Å². The molecule has 0 saturated heterocycles.